The molecule has 0 aromatic heterocycles. The third kappa shape index (κ3) is 3.49. The Bertz CT molecular complexity index is 218. The van der Waals surface area contributed by atoms with E-state index in [2.05, 4.69) is 6.92 Å². The molecule has 0 radical (unpaired) electrons. The van der Waals surface area contributed by atoms with Crippen LogP contribution in [0.1, 0.15) is 46.0 Å². The highest BCUT2D eigenvalue weighted by atomic mass is 16.5. The SMILES string of the molecule is CCOC(=O)CC1(CN)CCCC(C)C1. The lowest BCUT2D eigenvalue weighted by atomic mass is 9.68. The normalized spacial score (nSPS) is 31.3. The molecule has 1 saturated carbocycles. The molecule has 2 atom stereocenters. The molecule has 0 saturated heterocycles. The van der Waals surface area contributed by atoms with Crippen molar-refractivity contribution in [2.24, 2.45) is 17.1 Å². The van der Waals surface area contributed by atoms with E-state index in [1.807, 2.05) is 6.92 Å². The van der Waals surface area contributed by atoms with Crippen LogP contribution in [-0.2, 0) is 9.53 Å². The largest absolute Gasteiger partial charge is 0.466 e. The summed E-state index contributed by atoms with van der Waals surface area (Å²) in [6.07, 6.45) is 5.11. The van der Waals surface area contributed by atoms with Crippen molar-refractivity contribution >= 4 is 5.97 Å². The molecule has 2 N–H and O–H groups in total. The summed E-state index contributed by atoms with van der Waals surface area (Å²) in [5, 5.41) is 0. The molecule has 3 heteroatoms. The topological polar surface area (TPSA) is 52.3 Å². The fourth-order valence-corrected chi connectivity index (χ4v) is 2.71. The number of hydrogen-bond acceptors (Lipinski definition) is 3. The molecule has 0 aliphatic heterocycles. The zero-order chi connectivity index (χ0) is 11.3. The Kier molecular flexibility index (Phi) is 4.58. The van der Waals surface area contributed by atoms with Gasteiger partial charge in [-0.05, 0) is 37.6 Å². The van der Waals surface area contributed by atoms with Crippen LogP contribution in [0.5, 0.6) is 0 Å². The van der Waals surface area contributed by atoms with E-state index < -0.39 is 0 Å². The molecule has 1 fully saturated rings. The van der Waals surface area contributed by atoms with Crippen molar-refractivity contribution in [1.82, 2.24) is 0 Å². The first-order chi connectivity index (χ1) is 7.12. The summed E-state index contributed by atoms with van der Waals surface area (Å²) in [5.41, 5.74) is 5.85. The van der Waals surface area contributed by atoms with Gasteiger partial charge in [0, 0.05) is 0 Å². The van der Waals surface area contributed by atoms with Gasteiger partial charge in [0.2, 0.25) is 0 Å². The van der Waals surface area contributed by atoms with Crippen LogP contribution in [-0.4, -0.2) is 19.1 Å². The van der Waals surface area contributed by atoms with E-state index in [-0.39, 0.29) is 11.4 Å². The Labute approximate surface area is 92.4 Å². The van der Waals surface area contributed by atoms with Crippen LogP contribution in [0.2, 0.25) is 0 Å². The van der Waals surface area contributed by atoms with Gasteiger partial charge in [-0.1, -0.05) is 19.8 Å². The van der Waals surface area contributed by atoms with Crippen LogP contribution in [0, 0.1) is 11.3 Å². The molecule has 0 bridgehead atoms. The van der Waals surface area contributed by atoms with Crippen LogP contribution < -0.4 is 5.73 Å². The molecule has 88 valence electrons. The van der Waals surface area contributed by atoms with Crippen LogP contribution >= 0.6 is 0 Å². The second-order valence-electron chi connectivity index (χ2n) is 4.89. The maximum absolute atomic E-state index is 11.5. The minimum atomic E-state index is -0.0861. The van der Waals surface area contributed by atoms with E-state index >= 15 is 0 Å². The number of hydrogen-bond donors (Lipinski definition) is 1. The molecule has 0 amide bonds. The molecule has 0 spiro atoms. The fourth-order valence-electron chi connectivity index (χ4n) is 2.71. The smallest absolute Gasteiger partial charge is 0.306 e. The molecular weight excluding hydrogens is 190 g/mol. The second-order valence-corrected chi connectivity index (χ2v) is 4.89. The minimum absolute atomic E-state index is 0.0178. The fraction of sp³-hybridized carbons (Fsp3) is 0.917. The Morgan fingerprint density at radius 3 is 2.87 bits per heavy atom. The van der Waals surface area contributed by atoms with Crippen LogP contribution in [0.4, 0.5) is 0 Å². The summed E-state index contributed by atoms with van der Waals surface area (Å²) in [6, 6.07) is 0. The van der Waals surface area contributed by atoms with E-state index in [0.29, 0.717) is 25.5 Å². The van der Waals surface area contributed by atoms with Gasteiger partial charge in [0.1, 0.15) is 0 Å². The zero-order valence-corrected chi connectivity index (χ0v) is 9.92. The molecular formula is C12H23NO2. The number of nitrogens with two attached hydrogens (primary N) is 1. The van der Waals surface area contributed by atoms with Gasteiger partial charge in [-0.25, -0.2) is 0 Å². The van der Waals surface area contributed by atoms with E-state index in [0.717, 1.165) is 12.8 Å². The molecule has 2 unspecified atom stereocenters. The highest BCUT2D eigenvalue weighted by Gasteiger charge is 2.36. The third-order valence-electron chi connectivity index (χ3n) is 3.44. The second kappa shape index (κ2) is 5.50. The standard InChI is InChI=1S/C12H23NO2/c1-3-15-11(14)8-12(9-13)6-4-5-10(2)7-12/h10H,3-9,13H2,1-2H3. The quantitative estimate of drug-likeness (QED) is 0.727. The number of rotatable bonds is 4. The van der Waals surface area contributed by atoms with Crippen molar-refractivity contribution < 1.29 is 9.53 Å². The van der Waals surface area contributed by atoms with E-state index in [9.17, 15) is 4.79 Å². The summed E-state index contributed by atoms with van der Waals surface area (Å²) in [6.45, 7) is 5.16. The van der Waals surface area contributed by atoms with Gasteiger partial charge in [0.15, 0.2) is 0 Å². The third-order valence-corrected chi connectivity index (χ3v) is 3.44. The summed E-state index contributed by atoms with van der Waals surface area (Å²) in [5.74, 6) is 0.605. The predicted molar refractivity (Wildman–Crippen MR) is 60.4 cm³/mol. The van der Waals surface area contributed by atoms with Crippen molar-refractivity contribution in [3.8, 4) is 0 Å². The molecule has 1 rings (SSSR count). The van der Waals surface area contributed by atoms with Crippen molar-refractivity contribution in [1.29, 1.82) is 0 Å². The summed E-state index contributed by atoms with van der Waals surface area (Å²) in [7, 11) is 0. The van der Waals surface area contributed by atoms with Gasteiger partial charge < -0.3 is 10.5 Å². The van der Waals surface area contributed by atoms with Gasteiger partial charge in [0.25, 0.3) is 0 Å². The maximum Gasteiger partial charge on any atom is 0.306 e. The first kappa shape index (κ1) is 12.5. The predicted octanol–water partition coefficient (Wildman–Crippen LogP) is 2.09. The Morgan fingerprint density at radius 2 is 2.33 bits per heavy atom. The average molecular weight is 213 g/mol. The Morgan fingerprint density at radius 1 is 1.60 bits per heavy atom. The molecule has 0 aromatic rings. The van der Waals surface area contributed by atoms with Crippen molar-refractivity contribution in [2.75, 3.05) is 13.2 Å². The molecule has 3 nitrogen and oxygen atoms in total. The summed E-state index contributed by atoms with van der Waals surface area (Å²) < 4.78 is 5.01. The summed E-state index contributed by atoms with van der Waals surface area (Å²) >= 11 is 0. The van der Waals surface area contributed by atoms with Crippen LogP contribution in [0.25, 0.3) is 0 Å². The van der Waals surface area contributed by atoms with Gasteiger partial charge in [-0.15, -0.1) is 0 Å². The molecule has 0 heterocycles. The lowest BCUT2D eigenvalue weighted by Gasteiger charge is -2.38. The summed E-state index contributed by atoms with van der Waals surface area (Å²) in [4.78, 5) is 11.5. The van der Waals surface area contributed by atoms with Crippen molar-refractivity contribution in [2.45, 2.75) is 46.0 Å². The number of ether oxygens (including phenoxy) is 1. The average Bonchev–Trinajstić information content (AvgIpc) is 2.18. The minimum Gasteiger partial charge on any atom is -0.466 e. The van der Waals surface area contributed by atoms with Gasteiger partial charge >= 0.3 is 5.97 Å². The molecule has 1 aliphatic rings. The van der Waals surface area contributed by atoms with Gasteiger partial charge in [0.05, 0.1) is 13.0 Å². The van der Waals surface area contributed by atoms with Gasteiger partial charge in [-0.2, -0.15) is 0 Å². The van der Waals surface area contributed by atoms with E-state index in [1.54, 1.807) is 0 Å². The molecule has 15 heavy (non-hydrogen) atoms. The van der Waals surface area contributed by atoms with Crippen LogP contribution in [0.15, 0.2) is 0 Å². The lowest BCUT2D eigenvalue weighted by molar-refractivity contribution is -0.146. The molecule has 0 aromatic carbocycles. The zero-order valence-electron chi connectivity index (χ0n) is 9.92. The van der Waals surface area contributed by atoms with E-state index in [1.165, 1.54) is 12.8 Å². The highest BCUT2D eigenvalue weighted by molar-refractivity contribution is 5.70. The van der Waals surface area contributed by atoms with Crippen molar-refractivity contribution in [3.63, 3.8) is 0 Å². The van der Waals surface area contributed by atoms with Crippen LogP contribution in [0.3, 0.4) is 0 Å². The Hall–Kier alpha value is -0.570. The monoisotopic (exact) mass is 213 g/mol. The van der Waals surface area contributed by atoms with E-state index in [4.69, 9.17) is 10.5 Å². The number of carbonyl (C=O) groups excluding carboxylic acids is 1. The molecule has 1 aliphatic carbocycles. The Balaban J connectivity index is 2.55. The maximum atomic E-state index is 11.5. The highest BCUT2D eigenvalue weighted by Crippen LogP contribution is 2.41. The first-order valence-electron chi connectivity index (χ1n) is 5.97. The number of carbonyl (C=O) groups is 1. The van der Waals surface area contributed by atoms with Crippen molar-refractivity contribution in [3.05, 3.63) is 0 Å². The lowest BCUT2D eigenvalue weighted by Crippen LogP contribution is -2.37. The first-order valence-corrected chi connectivity index (χ1v) is 5.97. The van der Waals surface area contributed by atoms with Gasteiger partial charge in [-0.3, -0.25) is 4.79 Å². The number of esters is 1.